The van der Waals surface area contributed by atoms with Crippen molar-refractivity contribution < 1.29 is 0 Å². The van der Waals surface area contributed by atoms with Gasteiger partial charge in [-0.2, -0.15) is 0 Å². The van der Waals surface area contributed by atoms with Crippen LogP contribution in [0.4, 0.5) is 0 Å². The zero-order valence-electron chi connectivity index (χ0n) is 19.9. The SMILES string of the molecule is C=CCCc1ccc(Cc2cccc(CCCc3cccc(C(C)(C)C)c3)c2)cc1C. The lowest BCUT2D eigenvalue weighted by Crippen LogP contribution is -2.11. The standard InChI is InChI=1S/C31H38/c1-6-7-16-29-19-18-28(20-24(29)2)22-27-15-9-12-25(21-27)11-8-13-26-14-10-17-30(23-26)31(3,4)5/h6,9-10,12,14-15,17-21,23H,1,7-8,11,13,16,22H2,2-5H3. The van der Waals surface area contributed by atoms with Crippen LogP contribution in [-0.2, 0) is 31.1 Å². The van der Waals surface area contributed by atoms with Gasteiger partial charge in [0.1, 0.15) is 0 Å². The van der Waals surface area contributed by atoms with Crippen molar-refractivity contribution >= 4 is 0 Å². The van der Waals surface area contributed by atoms with Gasteiger partial charge in [0.05, 0.1) is 0 Å². The fraction of sp³-hybridized carbons (Fsp3) is 0.355. The molecule has 0 aliphatic carbocycles. The molecular formula is C31H38. The quantitative estimate of drug-likeness (QED) is 0.312. The van der Waals surface area contributed by atoms with Gasteiger partial charge in [0.25, 0.3) is 0 Å². The minimum Gasteiger partial charge on any atom is -0.103 e. The van der Waals surface area contributed by atoms with Gasteiger partial charge in [-0.3, -0.25) is 0 Å². The van der Waals surface area contributed by atoms with Crippen LogP contribution in [0.15, 0.2) is 79.4 Å². The van der Waals surface area contributed by atoms with E-state index in [1.165, 1.54) is 45.4 Å². The van der Waals surface area contributed by atoms with Gasteiger partial charge in [-0.1, -0.05) is 93.6 Å². The first-order valence-corrected chi connectivity index (χ1v) is 11.7. The van der Waals surface area contributed by atoms with E-state index in [1.807, 2.05) is 6.08 Å². The topological polar surface area (TPSA) is 0 Å². The molecule has 3 aromatic carbocycles. The van der Waals surface area contributed by atoms with Crippen molar-refractivity contribution in [1.29, 1.82) is 0 Å². The molecule has 0 saturated carbocycles. The van der Waals surface area contributed by atoms with Crippen molar-refractivity contribution in [2.45, 2.75) is 71.6 Å². The second-order valence-corrected chi connectivity index (χ2v) is 9.89. The van der Waals surface area contributed by atoms with Crippen molar-refractivity contribution in [3.05, 3.63) is 118 Å². The fourth-order valence-electron chi connectivity index (χ4n) is 4.23. The molecule has 0 aromatic heterocycles. The van der Waals surface area contributed by atoms with Gasteiger partial charge in [0, 0.05) is 0 Å². The molecule has 0 aliphatic heterocycles. The van der Waals surface area contributed by atoms with E-state index in [-0.39, 0.29) is 5.41 Å². The Hall–Kier alpha value is -2.60. The molecule has 3 aromatic rings. The van der Waals surface area contributed by atoms with Crippen LogP contribution in [0.3, 0.4) is 0 Å². The number of allylic oxidation sites excluding steroid dienone is 1. The maximum absolute atomic E-state index is 3.84. The molecule has 0 radical (unpaired) electrons. The van der Waals surface area contributed by atoms with Gasteiger partial charge in [-0.15, -0.1) is 6.58 Å². The Labute approximate surface area is 190 Å². The summed E-state index contributed by atoms with van der Waals surface area (Å²) in [6.45, 7) is 12.9. The second-order valence-electron chi connectivity index (χ2n) is 9.89. The third-order valence-electron chi connectivity index (χ3n) is 6.15. The molecule has 0 aliphatic rings. The van der Waals surface area contributed by atoms with E-state index in [4.69, 9.17) is 0 Å². The molecule has 0 heteroatoms. The third-order valence-corrected chi connectivity index (χ3v) is 6.15. The van der Waals surface area contributed by atoms with Crippen LogP contribution in [-0.4, -0.2) is 0 Å². The molecule has 31 heavy (non-hydrogen) atoms. The highest BCUT2D eigenvalue weighted by molar-refractivity contribution is 5.36. The van der Waals surface area contributed by atoms with E-state index >= 15 is 0 Å². The summed E-state index contributed by atoms with van der Waals surface area (Å²) in [6.07, 6.45) is 8.59. The number of rotatable bonds is 9. The summed E-state index contributed by atoms with van der Waals surface area (Å²) in [5.41, 5.74) is 10.2. The van der Waals surface area contributed by atoms with Crippen molar-refractivity contribution in [2.75, 3.05) is 0 Å². The molecule has 0 unspecified atom stereocenters. The number of benzene rings is 3. The van der Waals surface area contributed by atoms with Gasteiger partial charge in [0.2, 0.25) is 0 Å². The highest BCUT2D eigenvalue weighted by Gasteiger charge is 2.13. The molecule has 0 heterocycles. The van der Waals surface area contributed by atoms with E-state index in [1.54, 1.807) is 0 Å². The highest BCUT2D eigenvalue weighted by Crippen LogP contribution is 2.23. The molecule has 0 atom stereocenters. The van der Waals surface area contributed by atoms with E-state index < -0.39 is 0 Å². The average molecular weight is 411 g/mol. The van der Waals surface area contributed by atoms with E-state index in [9.17, 15) is 0 Å². The Morgan fingerprint density at radius 1 is 0.742 bits per heavy atom. The predicted octanol–water partition coefficient (Wildman–Crippen LogP) is 8.18. The van der Waals surface area contributed by atoms with Crippen LogP contribution in [0.5, 0.6) is 0 Å². The van der Waals surface area contributed by atoms with Crippen molar-refractivity contribution in [3.63, 3.8) is 0 Å². The smallest absolute Gasteiger partial charge is 0.00256 e. The van der Waals surface area contributed by atoms with Gasteiger partial charge in [-0.25, -0.2) is 0 Å². The second kappa shape index (κ2) is 10.6. The zero-order valence-corrected chi connectivity index (χ0v) is 19.9. The lowest BCUT2D eigenvalue weighted by molar-refractivity contribution is 0.589. The summed E-state index contributed by atoms with van der Waals surface area (Å²) in [5.74, 6) is 0. The predicted molar refractivity (Wildman–Crippen MR) is 136 cm³/mol. The highest BCUT2D eigenvalue weighted by atomic mass is 14.2. The maximum Gasteiger partial charge on any atom is -0.00256 e. The number of hydrogen-bond donors (Lipinski definition) is 0. The first-order valence-electron chi connectivity index (χ1n) is 11.7. The minimum atomic E-state index is 0.215. The van der Waals surface area contributed by atoms with Gasteiger partial charge < -0.3 is 0 Å². The monoisotopic (exact) mass is 410 g/mol. The molecule has 0 nitrogen and oxygen atoms in total. The Bertz CT molecular complexity index is 1000. The largest absolute Gasteiger partial charge is 0.103 e. The normalized spacial score (nSPS) is 11.5. The molecule has 0 spiro atoms. The molecule has 3 rings (SSSR count). The van der Waals surface area contributed by atoms with Crippen molar-refractivity contribution in [2.24, 2.45) is 0 Å². The first-order chi connectivity index (χ1) is 14.8. The minimum absolute atomic E-state index is 0.215. The lowest BCUT2D eigenvalue weighted by atomic mass is 9.85. The third kappa shape index (κ3) is 6.96. The molecule has 0 bridgehead atoms. The molecule has 0 N–H and O–H groups in total. The maximum atomic E-state index is 3.84. The van der Waals surface area contributed by atoms with Gasteiger partial charge in [0.15, 0.2) is 0 Å². The molecule has 162 valence electrons. The van der Waals surface area contributed by atoms with Crippen LogP contribution in [0.1, 0.15) is 72.6 Å². The van der Waals surface area contributed by atoms with Crippen molar-refractivity contribution in [1.82, 2.24) is 0 Å². The van der Waals surface area contributed by atoms with Gasteiger partial charge in [-0.05, 0) is 89.8 Å². The summed E-state index contributed by atoms with van der Waals surface area (Å²) < 4.78 is 0. The Morgan fingerprint density at radius 3 is 2.06 bits per heavy atom. The summed E-state index contributed by atoms with van der Waals surface area (Å²) in [5, 5.41) is 0. The van der Waals surface area contributed by atoms with E-state index in [0.29, 0.717) is 0 Å². The summed E-state index contributed by atoms with van der Waals surface area (Å²) in [7, 11) is 0. The summed E-state index contributed by atoms with van der Waals surface area (Å²) in [4.78, 5) is 0. The van der Waals surface area contributed by atoms with Crippen molar-refractivity contribution in [3.8, 4) is 0 Å². The molecule has 0 amide bonds. The first kappa shape index (κ1) is 23.1. The van der Waals surface area contributed by atoms with Crippen LogP contribution in [0, 0.1) is 6.92 Å². The summed E-state index contributed by atoms with van der Waals surface area (Å²) in [6, 6.07) is 25.2. The van der Waals surface area contributed by atoms with Gasteiger partial charge >= 0.3 is 0 Å². The Morgan fingerprint density at radius 2 is 1.39 bits per heavy atom. The average Bonchev–Trinajstić information content (AvgIpc) is 2.73. The van der Waals surface area contributed by atoms with Crippen LogP contribution >= 0.6 is 0 Å². The Kier molecular flexibility index (Phi) is 7.91. The molecule has 0 saturated heterocycles. The molecule has 0 fully saturated rings. The number of aryl methyl sites for hydroxylation is 4. The van der Waals surface area contributed by atoms with Crippen LogP contribution in [0.25, 0.3) is 0 Å². The molecular weight excluding hydrogens is 372 g/mol. The van der Waals surface area contributed by atoms with E-state index in [2.05, 4.69) is 101 Å². The lowest BCUT2D eigenvalue weighted by Gasteiger charge is -2.19. The fourth-order valence-corrected chi connectivity index (χ4v) is 4.23. The van der Waals surface area contributed by atoms with E-state index in [0.717, 1.165) is 32.1 Å². The zero-order chi connectivity index (χ0) is 22.3. The number of hydrogen-bond acceptors (Lipinski definition) is 0. The van der Waals surface area contributed by atoms with Crippen LogP contribution in [0.2, 0.25) is 0 Å². The Balaban J connectivity index is 1.58. The van der Waals surface area contributed by atoms with Crippen LogP contribution < -0.4 is 0 Å². The summed E-state index contributed by atoms with van der Waals surface area (Å²) >= 11 is 0.